The van der Waals surface area contributed by atoms with E-state index in [1.54, 1.807) is 6.20 Å². The number of fused-ring (bicyclic) bond motifs is 3. The van der Waals surface area contributed by atoms with Gasteiger partial charge in [0.05, 0.1) is 5.39 Å². The zero-order valence-corrected chi connectivity index (χ0v) is 18.4. The highest BCUT2D eigenvalue weighted by Gasteiger charge is 2.29. The molecule has 0 atom stereocenters. The smallest absolute Gasteiger partial charge is 0.228 e. The molecule has 0 unspecified atom stereocenters. The van der Waals surface area contributed by atoms with Gasteiger partial charge in [0.15, 0.2) is 0 Å². The zero-order valence-electron chi connectivity index (χ0n) is 17.6. The van der Waals surface area contributed by atoms with Gasteiger partial charge in [-0.05, 0) is 75.6 Å². The van der Waals surface area contributed by atoms with Crippen LogP contribution in [0.2, 0.25) is 0 Å². The Morgan fingerprint density at radius 3 is 2.77 bits per heavy atom. The molecule has 30 heavy (non-hydrogen) atoms. The number of piperidine rings is 1. The Balaban J connectivity index is 1.34. The van der Waals surface area contributed by atoms with Gasteiger partial charge in [-0.2, -0.15) is 0 Å². The lowest BCUT2D eigenvalue weighted by molar-refractivity contribution is -0.120. The van der Waals surface area contributed by atoms with Crippen LogP contribution in [0.4, 0.5) is 11.6 Å². The number of anilines is 2. The molecule has 7 heteroatoms. The molecule has 3 aromatic rings. The zero-order chi connectivity index (χ0) is 20.7. The summed E-state index contributed by atoms with van der Waals surface area (Å²) in [4.78, 5) is 31.6. The molecule has 1 fully saturated rings. The fourth-order valence-corrected chi connectivity index (χ4v) is 5.96. The van der Waals surface area contributed by atoms with E-state index in [4.69, 9.17) is 9.97 Å². The molecule has 1 aliphatic carbocycles. The summed E-state index contributed by atoms with van der Waals surface area (Å²) >= 11 is 1.85. The number of aromatic nitrogens is 3. The van der Waals surface area contributed by atoms with Crippen molar-refractivity contribution in [3.05, 3.63) is 40.2 Å². The largest absolute Gasteiger partial charge is 0.356 e. The third kappa shape index (κ3) is 3.67. The Morgan fingerprint density at radius 2 is 1.97 bits per heavy atom. The minimum absolute atomic E-state index is 0.0124. The number of carbonyl (C=O) groups is 1. The van der Waals surface area contributed by atoms with Crippen LogP contribution in [-0.4, -0.2) is 33.9 Å². The summed E-state index contributed by atoms with van der Waals surface area (Å²) in [5, 5.41) is 4.26. The summed E-state index contributed by atoms with van der Waals surface area (Å²) in [6.45, 7) is 5.67. The molecule has 0 bridgehead atoms. The van der Waals surface area contributed by atoms with Crippen LogP contribution in [0.3, 0.4) is 0 Å². The first-order valence-corrected chi connectivity index (χ1v) is 11.7. The van der Waals surface area contributed by atoms with E-state index in [1.165, 1.54) is 35.1 Å². The van der Waals surface area contributed by atoms with Gasteiger partial charge in [0.25, 0.3) is 0 Å². The number of thiophene rings is 1. The maximum absolute atomic E-state index is 12.7. The fraction of sp³-hybridized carbons (Fsp3) is 0.478. The van der Waals surface area contributed by atoms with Gasteiger partial charge >= 0.3 is 0 Å². The Bertz CT molecular complexity index is 1100. The molecule has 1 amide bonds. The van der Waals surface area contributed by atoms with E-state index in [-0.39, 0.29) is 11.8 Å². The van der Waals surface area contributed by atoms with Crippen LogP contribution < -0.4 is 10.2 Å². The highest BCUT2D eigenvalue weighted by atomic mass is 32.1. The molecule has 5 rings (SSSR count). The van der Waals surface area contributed by atoms with Crippen LogP contribution in [0.15, 0.2) is 18.3 Å². The predicted octanol–water partition coefficient (Wildman–Crippen LogP) is 4.44. The second kappa shape index (κ2) is 7.95. The summed E-state index contributed by atoms with van der Waals surface area (Å²) in [6, 6.07) is 3.84. The monoisotopic (exact) mass is 421 g/mol. The normalized spacial score (nSPS) is 17.2. The first-order valence-electron chi connectivity index (χ1n) is 10.9. The topological polar surface area (TPSA) is 71.0 Å². The van der Waals surface area contributed by atoms with Gasteiger partial charge in [0.1, 0.15) is 22.3 Å². The summed E-state index contributed by atoms with van der Waals surface area (Å²) in [6.07, 6.45) is 8.22. The van der Waals surface area contributed by atoms with Crippen LogP contribution in [0.25, 0.3) is 10.2 Å². The van der Waals surface area contributed by atoms with Crippen LogP contribution in [-0.2, 0) is 17.6 Å². The van der Waals surface area contributed by atoms with Crippen molar-refractivity contribution in [1.29, 1.82) is 0 Å². The Morgan fingerprint density at radius 1 is 1.17 bits per heavy atom. The standard InChI is InChI=1S/C23H27N5OS/c1-14-7-10-24-19(13-14)27-22(29)16-8-11-28(12-9-16)21-20-17-5-3-4-6-18(17)30-23(20)26-15(2)25-21/h7,10,13,16H,3-6,8-9,11-12H2,1-2H3,(H,24,27,29). The van der Waals surface area contributed by atoms with Crippen LogP contribution in [0.1, 0.15) is 47.5 Å². The molecule has 3 aromatic heterocycles. The van der Waals surface area contributed by atoms with E-state index in [9.17, 15) is 4.79 Å². The van der Waals surface area contributed by atoms with E-state index in [0.29, 0.717) is 5.82 Å². The number of hydrogen-bond acceptors (Lipinski definition) is 6. The van der Waals surface area contributed by atoms with Crippen molar-refractivity contribution in [2.24, 2.45) is 5.92 Å². The lowest BCUT2D eigenvalue weighted by atomic mass is 9.94. The van der Waals surface area contributed by atoms with E-state index in [1.807, 2.05) is 37.3 Å². The summed E-state index contributed by atoms with van der Waals surface area (Å²) < 4.78 is 0. The SMILES string of the molecule is Cc1ccnc(NC(=O)C2CCN(c3nc(C)nc4sc5c(c34)CCCC5)CC2)c1. The Labute approximate surface area is 180 Å². The summed E-state index contributed by atoms with van der Waals surface area (Å²) in [5.74, 6) is 2.64. The molecule has 0 aromatic carbocycles. The molecule has 156 valence electrons. The average molecular weight is 422 g/mol. The van der Waals surface area contributed by atoms with Crippen LogP contribution in [0.5, 0.6) is 0 Å². The second-order valence-corrected chi connectivity index (χ2v) is 9.54. The highest BCUT2D eigenvalue weighted by molar-refractivity contribution is 7.19. The molecule has 1 aliphatic heterocycles. The first kappa shape index (κ1) is 19.4. The third-order valence-electron chi connectivity index (χ3n) is 6.24. The van der Waals surface area contributed by atoms with Crippen molar-refractivity contribution < 1.29 is 4.79 Å². The summed E-state index contributed by atoms with van der Waals surface area (Å²) in [7, 11) is 0. The van der Waals surface area contributed by atoms with Gasteiger partial charge in [-0.25, -0.2) is 15.0 Å². The number of amides is 1. The molecule has 6 nitrogen and oxygen atoms in total. The molecular weight excluding hydrogens is 394 g/mol. The molecule has 0 spiro atoms. The fourth-order valence-electron chi connectivity index (χ4n) is 4.66. The number of nitrogens with one attached hydrogen (secondary N) is 1. The van der Waals surface area contributed by atoms with Crippen LogP contribution >= 0.6 is 11.3 Å². The lowest BCUT2D eigenvalue weighted by Gasteiger charge is -2.32. The maximum atomic E-state index is 12.7. The Kier molecular flexibility index (Phi) is 5.15. The lowest BCUT2D eigenvalue weighted by Crippen LogP contribution is -2.39. The molecule has 1 saturated heterocycles. The second-order valence-electron chi connectivity index (χ2n) is 8.45. The van der Waals surface area contributed by atoms with Gasteiger partial charge in [0, 0.05) is 30.1 Å². The molecule has 0 radical (unpaired) electrons. The van der Waals surface area contributed by atoms with E-state index in [2.05, 4.69) is 15.2 Å². The van der Waals surface area contributed by atoms with Crippen molar-refractivity contribution in [3.63, 3.8) is 0 Å². The first-order chi connectivity index (χ1) is 14.6. The Hall–Kier alpha value is -2.54. The van der Waals surface area contributed by atoms with Crippen LogP contribution in [0, 0.1) is 19.8 Å². The molecule has 4 heterocycles. The maximum Gasteiger partial charge on any atom is 0.228 e. The summed E-state index contributed by atoms with van der Waals surface area (Å²) in [5.41, 5.74) is 2.57. The van der Waals surface area contributed by atoms with E-state index < -0.39 is 0 Å². The van der Waals surface area contributed by atoms with E-state index >= 15 is 0 Å². The van der Waals surface area contributed by atoms with Crippen molar-refractivity contribution in [2.75, 3.05) is 23.3 Å². The number of nitrogens with zero attached hydrogens (tertiary/aromatic N) is 4. The highest BCUT2D eigenvalue weighted by Crippen LogP contribution is 2.40. The molecule has 2 aliphatic rings. The van der Waals surface area contributed by atoms with Crippen molar-refractivity contribution in [3.8, 4) is 0 Å². The van der Waals surface area contributed by atoms with Gasteiger partial charge in [-0.3, -0.25) is 4.79 Å². The number of carbonyl (C=O) groups excluding carboxylic acids is 1. The quantitative estimate of drug-likeness (QED) is 0.677. The van der Waals surface area contributed by atoms with Gasteiger partial charge in [0.2, 0.25) is 5.91 Å². The van der Waals surface area contributed by atoms with Gasteiger partial charge < -0.3 is 10.2 Å². The van der Waals surface area contributed by atoms with Crippen molar-refractivity contribution in [1.82, 2.24) is 15.0 Å². The average Bonchev–Trinajstić information content (AvgIpc) is 3.11. The minimum atomic E-state index is 0.0124. The number of aryl methyl sites for hydroxylation is 4. The molecule has 0 saturated carbocycles. The number of hydrogen-bond donors (Lipinski definition) is 1. The van der Waals surface area contributed by atoms with E-state index in [0.717, 1.165) is 54.4 Å². The number of pyridine rings is 1. The van der Waals surface area contributed by atoms with Gasteiger partial charge in [-0.1, -0.05) is 0 Å². The molecular formula is C23H27N5OS. The van der Waals surface area contributed by atoms with Gasteiger partial charge in [-0.15, -0.1) is 11.3 Å². The molecule has 1 N–H and O–H groups in total. The number of rotatable bonds is 3. The predicted molar refractivity (Wildman–Crippen MR) is 121 cm³/mol. The van der Waals surface area contributed by atoms with Crippen molar-refractivity contribution >= 4 is 39.1 Å². The minimum Gasteiger partial charge on any atom is -0.356 e. The third-order valence-corrected chi connectivity index (χ3v) is 7.43. The van der Waals surface area contributed by atoms with Crippen molar-refractivity contribution in [2.45, 2.75) is 52.4 Å².